The number of phenols is 2. The number of anilines is 1. The van der Waals surface area contributed by atoms with Gasteiger partial charge in [0, 0.05) is 26.1 Å². The Morgan fingerprint density at radius 2 is 2.22 bits per heavy atom. The van der Waals surface area contributed by atoms with Gasteiger partial charge >= 0.3 is 0 Å². The molecule has 0 atom stereocenters. The quantitative estimate of drug-likeness (QED) is 0.601. The van der Waals surface area contributed by atoms with E-state index in [-0.39, 0.29) is 28.8 Å². The Hall–Kier alpha value is -2.74. The molecule has 0 unspecified atom stereocenters. The van der Waals surface area contributed by atoms with Crippen LogP contribution in [0.25, 0.3) is 0 Å². The Bertz CT molecular complexity index is 803. The van der Waals surface area contributed by atoms with E-state index in [0.29, 0.717) is 31.6 Å². The lowest BCUT2D eigenvalue weighted by atomic mass is 10.1. The van der Waals surface area contributed by atoms with E-state index in [1.807, 2.05) is 0 Å². The maximum absolute atomic E-state index is 12.0. The molecule has 0 amide bonds. The van der Waals surface area contributed by atoms with Crippen LogP contribution in [0.3, 0.4) is 0 Å². The zero-order valence-electron chi connectivity index (χ0n) is 12.7. The van der Waals surface area contributed by atoms with Crippen LogP contribution in [0.5, 0.6) is 17.2 Å². The SMILES string of the molecule is COc1cc(CN2CCc3nc(N)[nH]c(=O)c3C2)cc(O)c1O. The van der Waals surface area contributed by atoms with Crippen molar-refractivity contribution in [3.8, 4) is 17.2 Å². The van der Waals surface area contributed by atoms with E-state index in [2.05, 4.69) is 14.9 Å². The van der Waals surface area contributed by atoms with Crippen molar-refractivity contribution in [2.24, 2.45) is 0 Å². The number of aromatic amines is 1. The van der Waals surface area contributed by atoms with Crippen LogP contribution in [0.4, 0.5) is 5.95 Å². The van der Waals surface area contributed by atoms with E-state index in [9.17, 15) is 15.0 Å². The lowest BCUT2D eigenvalue weighted by molar-refractivity contribution is 0.241. The van der Waals surface area contributed by atoms with Gasteiger partial charge in [0.2, 0.25) is 11.7 Å². The summed E-state index contributed by atoms with van der Waals surface area (Å²) in [5, 5.41) is 19.4. The van der Waals surface area contributed by atoms with Crippen LogP contribution >= 0.6 is 0 Å². The largest absolute Gasteiger partial charge is 0.504 e. The number of methoxy groups -OCH3 is 1. The molecule has 1 aliphatic rings. The van der Waals surface area contributed by atoms with Crippen LogP contribution < -0.4 is 16.0 Å². The number of H-pyrrole nitrogens is 1. The third kappa shape index (κ3) is 2.93. The number of hydrogen-bond acceptors (Lipinski definition) is 7. The second-order valence-corrected chi connectivity index (χ2v) is 5.50. The molecule has 8 nitrogen and oxygen atoms in total. The number of nitrogens with zero attached hydrogens (tertiary/aromatic N) is 2. The molecule has 122 valence electrons. The van der Waals surface area contributed by atoms with E-state index in [1.165, 1.54) is 13.2 Å². The summed E-state index contributed by atoms with van der Waals surface area (Å²) in [4.78, 5) is 20.7. The molecule has 0 saturated carbocycles. The van der Waals surface area contributed by atoms with Gasteiger partial charge in [0.1, 0.15) is 0 Å². The molecule has 0 spiro atoms. The predicted octanol–water partition coefficient (Wildman–Crippen LogP) is 0.330. The van der Waals surface area contributed by atoms with Crippen molar-refractivity contribution in [3.05, 3.63) is 39.3 Å². The molecule has 0 bridgehead atoms. The van der Waals surface area contributed by atoms with E-state index >= 15 is 0 Å². The van der Waals surface area contributed by atoms with Gasteiger partial charge in [0.25, 0.3) is 5.56 Å². The van der Waals surface area contributed by atoms with Crippen LogP contribution in [-0.2, 0) is 19.5 Å². The fourth-order valence-corrected chi connectivity index (χ4v) is 2.79. The molecule has 0 saturated heterocycles. The zero-order valence-corrected chi connectivity index (χ0v) is 12.7. The van der Waals surface area contributed by atoms with Crippen molar-refractivity contribution in [1.29, 1.82) is 0 Å². The molecule has 2 aromatic rings. The minimum Gasteiger partial charge on any atom is -0.504 e. The summed E-state index contributed by atoms with van der Waals surface area (Å²) in [5.41, 5.74) is 7.46. The molecule has 1 aliphatic heterocycles. The second-order valence-electron chi connectivity index (χ2n) is 5.50. The average molecular weight is 318 g/mol. The number of aromatic hydroxyl groups is 2. The van der Waals surface area contributed by atoms with Gasteiger partial charge in [-0.05, 0) is 17.7 Å². The summed E-state index contributed by atoms with van der Waals surface area (Å²) in [6.45, 7) is 1.67. The van der Waals surface area contributed by atoms with Gasteiger partial charge in [-0.3, -0.25) is 14.7 Å². The molecule has 1 aromatic carbocycles. The molecule has 23 heavy (non-hydrogen) atoms. The van der Waals surface area contributed by atoms with Gasteiger partial charge in [0.15, 0.2) is 11.5 Å². The van der Waals surface area contributed by atoms with Crippen molar-refractivity contribution in [3.63, 3.8) is 0 Å². The Balaban J connectivity index is 1.83. The normalized spacial score (nSPS) is 14.5. The van der Waals surface area contributed by atoms with Gasteiger partial charge < -0.3 is 20.7 Å². The maximum Gasteiger partial charge on any atom is 0.257 e. The average Bonchev–Trinajstić information content (AvgIpc) is 2.51. The molecule has 2 heterocycles. The molecular weight excluding hydrogens is 300 g/mol. The number of nitrogen functional groups attached to an aromatic ring is 1. The number of benzene rings is 1. The van der Waals surface area contributed by atoms with Crippen LogP contribution in [0.15, 0.2) is 16.9 Å². The van der Waals surface area contributed by atoms with E-state index in [0.717, 1.165) is 11.3 Å². The molecule has 0 radical (unpaired) electrons. The Morgan fingerprint density at radius 3 is 2.96 bits per heavy atom. The second kappa shape index (κ2) is 5.81. The highest BCUT2D eigenvalue weighted by Crippen LogP contribution is 2.36. The van der Waals surface area contributed by atoms with Crippen molar-refractivity contribution in [2.75, 3.05) is 19.4 Å². The highest BCUT2D eigenvalue weighted by atomic mass is 16.5. The molecule has 0 aliphatic carbocycles. The lowest BCUT2D eigenvalue weighted by Crippen LogP contribution is -2.35. The number of nitrogens with two attached hydrogens (primary N) is 1. The van der Waals surface area contributed by atoms with Crippen LogP contribution in [0.2, 0.25) is 0 Å². The van der Waals surface area contributed by atoms with Crippen LogP contribution in [0.1, 0.15) is 16.8 Å². The standard InChI is InChI=1S/C15H18N4O4/c1-23-12-5-8(4-11(20)13(12)21)6-19-3-2-10-9(7-19)14(22)18-15(16)17-10/h4-5,20-21H,2-3,6-7H2,1H3,(H3,16,17,18,22). The number of ether oxygens (including phenoxy) is 1. The highest BCUT2D eigenvalue weighted by Gasteiger charge is 2.21. The molecule has 1 aromatic heterocycles. The maximum atomic E-state index is 12.0. The molecular formula is C15H18N4O4. The smallest absolute Gasteiger partial charge is 0.257 e. The molecule has 3 rings (SSSR count). The predicted molar refractivity (Wildman–Crippen MR) is 83.4 cm³/mol. The number of hydrogen-bond donors (Lipinski definition) is 4. The summed E-state index contributed by atoms with van der Waals surface area (Å²) in [7, 11) is 1.42. The van der Waals surface area contributed by atoms with Crippen LogP contribution in [0, 0.1) is 0 Å². The number of aromatic nitrogens is 2. The van der Waals surface area contributed by atoms with Crippen molar-refractivity contribution in [1.82, 2.24) is 14.9 Å². The van der Waals surface area contributed by atoms with Crippen molar-refractivity contribution in [2.45, 2.75) is 19.5 Å². The number of nitrogens with one attached hydrogen (secondary N) is 1. The van der Waals surface area contributed by atoms with Crippen molar-refractivity contribution < 1.29 is 14.9 Å². The summed E-state index contributed by atoms with van der Waals surface area (Å²) >= 11 is 0. The first-order valence-electron chi connectivity index (χ1n) is 7.16. The minimum atomic E-state index is -0.281. The van der Waals surface area contributed by atoms with E-state index in [1.54, 1.807) is 6.07 Å². The molecule has 0 fully saturated rings. The summed E-state index contributed by atoms with van der Waals surface area (Å²) in [6.07, 6.45) is 0.630. The summed E-state index contributed by atoms with van der Waals surface area (Å²) in [6, 6.07) is 3.15. The first-order chi connectivity index (χ1) is 11.0. The van der Waals surface area contributed by atoms with Crippen LogP contribution in [-0.4, -0.2) is 38.7 Å². The first kappa shape index (κ1) is 15.2. The summed E-state index contributed by atoms with van der Waals surface area (Å²) in [5.74, 6) is -0.166. The first-order valence-corrected chi connectivity index (χ1v) is 7.16. The fraction of sp³-hybridized carbons (Fsp3) is 0.333. The Labute approximate surface area is 132 Å². The Kier molecular flexibility index (Phi) is 3.83. The molecule has 8 heteroatoms. The van der Waals surface area contributed by atoms with Crippen molar-refractivity contribution >= 4 is 5.95 Å². The highest BCUT2D eigenvalue weighted by molar-refractivity contribution is 5.51. The third-order valence-electron chi connectivity index (χ3n) is 3.91. The van der Waals surface area contributed by atoms with E-state index in [4.69, 9.17) is 10.5 Å². The zero-order chi connectivity index (χ0) is 16.6. The van der Waals surface area contributed by atoms with Gasteiger partial charge in [0.05, 0.1) is 18.4 Å². The lowest BCUT2D eigenvalue weighted by Gasteiger charge is -2.27. The Morgan fingerprint density at radius 1 is 1.43 bits per heavy atom. The minimum absolute atomic E-state index is 0.135. The van der Waals surface area contributed by atoms with Gasteiger partial charge in [-0.2, -0.15) is 0 Å². The van der Waals surface area contributed by atoms with Gasteiger partial charge in [-0.25, -0.2) is 4.98 Å². The monoisotopic (exact) mass is 318 g/mol. The number of fused-ring (bicyclic) bond motifs is 1. The molecule has 5 N–H and O–H groups in total. The fourth-order valence-electron chi connectivity index (χ4n) is 2.79. The van der Waals surface area contributed by atoms with Gasteiger partial charge in [-0.15, -0.1) is 0 Å². The summed E-state index contributed by atoms with van der Waals surface area (Å²) < 4.78 is 5.04. The number of rotatable bonds is 3. The third-order valence-corrected chi connectivity index (χ3v) is 3.91. The van der Waals surface area contributed by atoms with Gasteiger partial charge in [-0.1, -0.05) is 0 Å². The topological polar surface area (TPSA) is 125 Å². The number of phenolic OH excluding ortho intramolecular Hbond substituents is 2. The van der Waals surface area contributed by atoms with E-state index < -0.39 is 0 Å².